The highest BCUT2D eigenvalue weighted by Gasteiger charge is 2.21. The molecule has 3 aromatic rings. The maximum atomic E-state index is 13.1. The molecule has 0 heterocycles. The first-order valence-electron chi connectivity index (χ1n) is 11.0. The molecular weight excluding hydrogens is 474 g/mol. The maximum absolute atomic E-state index is 13.1. The predicted octanol–water partition coefficient (Wildman–Crippen LogP) is 5.41. The van der Waals surface area contributed by atoms with Crippen molar-refractivity contribution in [2.45, 2.75) is 43.0 Å². The van der Waals surface area contributed by atoms with E-state index in [9.17, 15) is 13.2 Å². The van der Waals surface area contributed by atoms with Gasteiger partial charge in [0.25, 0.3) is 0 Å². The number of nitrogens with one attached hydrogen (secondary N) is 1. The number of hydrogen-bond acceptors (Lipinski definition) is 4. The van der Waals surface area contributed by atoms with E-state index in [0.29, 0.717) is 30.7 Å². The zero-order chi connectivity index (χ0) is 24.6. The summed E-state index contributed by atoms with van der Waals surface area (Å²) in [6.07, 6.45) is 2.54. The zero-order valence-corrected chi connectivity index (χ0v) is 20.5. The largest absolute Gasteiger partial charge is 0.497 e. The Bertz CT molecular complexity index is 1180. The third-order valence-electron chi connectivity index (χ3n) is 5.54. The van der Waals surface area contributed by atoms with E-state index in [4.69, 9.17) is 21.4 Å². The van der Waals surface area contributed by atoms with Crippen LogP contribution in [0.4, 0.5) is 0 Å². The number of methoxy groups -OCH3 is 1. The Morgan fingerprint density at radius 2 is 1.53 bits per heavy atom. The van der Waals surface area contributed by atoms with Gasteiger partial charge in [0.1, 0.15) is 5.75 Å². The fourth-order valence-electron chi connectivity index (χ4n) is 3.63. The zero-order valence-electron chi connectivity index (χ0n) is 18.9. The molecule has 0 fully saturated rings. The van der Waals surface area contributed by atoms with Crippen molar-refractivity contribution in [3.05, 3.63) is 94.5 Å². The van der Waals surface area contributed by atoms with Crippen molar-refractivity contribution in [1.82, 2.24) is 4.72 Å². The second-order valence-electron chi connectivity index (χ2n) is 8.00. The van der Waals surface area contributed by atoms with Crippen LogP contribution in [0.15, 0.2) is 77.7 Å². The van der Waals surface area contributed by atoms with Crippen molar-refractivity contribution in [2.75, 3.05) is 7.11 Å². The van der Waals surface area contributed by atoms with Gasteiger partial charge in [0.15, 0.2) is 0 Å². The number of carbonyl (C=O) groups is 1. The monoisotopic (exact) mass is 501 g/mol. The summed E-state index contributed by atoms with van der Waals surface area (Å²) in [6.45, 7) is 0. The SMILES string of the molecule is COc1ccc(CCC(NS(=O)(=O)c2ccc(Cl)cc2)c2ccc(CCCC(=O)O)cc2)cc1. The van der Waals surface area contributed by atoms with Gasteiger partial charge in [-0.15, -0.1) is 0 Å². The number of aryl methyl sites for hydroxylation is 2. The van der Waals surface area contributed by atoms with Crippen molar-refractivity contribution >= 4 is 27.6 Å². The number of aliphatic carboxylic acids is 1. The molecule has 3 aromatic carbocycles. The van der Waals surface area contributed by atoms with Gasteiger partial charge in [-0.05, 0) is 78.8 Å². The third-order valence-corrected chi connectivity index (χ3v) is 7.28. The van der Waals surface area contributed by atoms with Crippen LogP contribution in [-0.4, -0.2) is 26.6 Å². The minimum atomic E-state index is -3.77. The van der Waals surface area contributed by atoms with E-state index in [2.05, 4.69) is 4.72 Å². The van der Waals surface area contributed by atoms with Crippen LogP contribution in [0, 0.1) is 0 Å². The van der Waals surface area contributed by atoms with E-state index in [1.807, 2.05) is 48.5 Å². The molecule has 8 heteroatoms. The van der Waals surface area contributed by atoms with Gasteiger partial charge in [0.05, 0.1) is 12.0 Å². The smallest absolute Gasteiger partial charge is 0.303 e. The molecule has 0 aliphatic carbocycles. The van der Waals surface area contributed by atoms with Gasteiger partial charge in [-0.2, -0.15) is 0 Å². The Balaban J connectivity index is 1.78. The molecule has 0 spiro atoms. The Morgan fingerprint density at radius 3 is 2.12 bits per heavy atom. The molecule has 3 rings (SSSR count). The molecule has 2 N–H and O–H groups in total. The Hall–Kier alpha value is -2.87. The summed E-state index contributed by atoms with van der Waals surface area (Å²) >= 11 is 5.91. The molecule has 0 bridgehead atoms. The van der Waals surface area contributed by atoms with Crippen LogP contribution >= 0.6 is 11.6 Å². The van der Waals surface area contributed by atoms with E-state index in [-0.39, 0.29) is 11.3 Å². The highest BCUT2D eigenvalue weighted by molar-refractivity contribution is 7.89. The van der Waals surface area contributed by atoms with Crippen LogP contribution in [0.2, 0.25) is 5.02 Å². The molecular formula is C26H28ClNO5S. The molecule has 0 saturated heterocycles. The lowest BCUT2D eigenvalue weighted by molar-refractivity contribution is -0.137. The van der Waals surface area contributed by atoms with Crippen LogP contribution in [0.25, 0.3) is 0 Å². The van der Waals surface area contributed by atoms with Crippen LogP contribution in [-0.2, 0) is 27.7 Å². The normalized spacial score (nSPS) is 12.3. The van der Waals surface area contributed by atoms with Gasteiger partial charge in [-0.25, -0.2) is 13.1 Å². The summed E-state index contributed by atoms with van der Waals surface area (Å²) in [5.74, 6) is -0.0472. The van der Waals surface area contributed by atoms with Gasteiger partial charge in [-0.1, -0.05) is 48.0 Å². The molecule has 1 atom stereocenters. The lowest BCUT2D eigenvalue weighted by Gasteiger charge is -2.20. The quantitative estimate of drug-likeness (QED) is 0.346. The lowest BCUT2D eigenvalue weighted by atomic mass is 9.98. The topological polar surface area (TPSA) is 92.7 Å². The number of sulfonamides is 1. The van der Waals surface area contributed by atoms with E-state index in [1.54, 1.807) is 19.2 Å². The summed E-state index contributed by atoms with van der Waals surface area (Å²) in [4.78, 5) is 10.9. The number of benzene rings is 3. The second-order valence-corrected chi connectivity index (χ2v) is 10.2. The minimum absolute atomic E-state index is 0.118. The van der Waals surface area contributed by atoms with Crippen LogP contribution < -0.4 is 9.46 Å². The summed E-state index contributed by atoms with van der Waals surface area (Å²) in [6, 6.07) is 21.0. The summed E-state index contributed by atoms with van der Waals surface area (Å²) in [5.41, 5.74) is 2.93. The molecule has 34 heavy (non-hydrogen) atoms. The van der Waals surface area contributed by atoms with Gasteiger partial charge in [0.2, 0.25) is 10.0 Å². The molecule has 6 nitrogen and oxygen atoms in total. The molecule has 1 unspecified atom stereocenters. The second kappa shape index (κ2) is 12.0. The Kier molecular flexibility index (Phi) is 9.10. The fraction of sp³-hybridized carbons (Fsp3) is 0.269. The molecule has 0 aliphatic rings. The van der Waals surface area contributed by atoms with Crippen LogP contribution in [0.1, 0.15) is 42.0 Å². The highest BCUT2D eigenvalue weighted by Crippen LogP contribution is 2.25. The van der Waals surface area contributed by atoms with Crippen molar-refractivity contribution in [3.63, 3.8) is 0 Å². The molecule has 180 valence electrons. The van der Waals surface area contributed by atoms with E-state index in [1.165, 1.54) is 12.1 Å². The number of carboxylic acids is 1. The van der Waals surface area contributed by atoms with E-state index < -0.39 is 22.0 Å². The van der Waals surface area contributed by atoms with Gasteiger partial charge >= 0.3 is 5.97 Å². The summed E-state index contributed by atoms with van der Waals surface area (Å²) < 4.78 is 34.2. The minimum Gasteiger partial charge on any atom is -0.497 e. The standard InChI is InChI=1S/C26H28ClNO5S/c1-33-23-14-7-20(8-15-23)9-18-25(28-34(31,32)24-16-12-22(27)13-17-24)21-10-5-19(6-11-21)3-2-4-26(29)30/h5-8,10-17,25,28H,2-4,9,18H2,1H3,(H,29,30). The Morgan fingerprint density at radius 1 is 0.941 bits per heavy atom. The van der Waals surface area contributed by atoms with E-state index >= 15 is 0 Å². The van der Waals surface area contributed by atoms with Gasteiger partial charge in [0, 0.05) is 17.5 Å². The van der Waals surface area contributed by atoms with Crippen LogP contribution in [0.3, 0.4) is 0 Å². The van der Waals surface area contributed by atoms with Crippen molar-refractivity contribution in [2.24, 2.45) is 0 Å². The van der Waals surface area contributed by atoms with Gasteiger partial charge < -0.3 is 9.84 Å². The van der Waals surface area contributed by atoms with Crippen molar-refractivity contribution in [3.8, 4) is 5.75 Å². The number of carboxylic acid groups (broad SMARTS) is 1. The fourth-order valence-corrected chi connectivity index (χ4v) is 5.01. The number of ether oxygens (including phenoxy) is 1. The highest BCUT2D eigenvalue weighted by atomic mass is 35.5. The molecule has 0 aliphatic heterocycles. The van der Waals surface area contributed by atoms with Crippen molar-refractivity contribution in [1.29, 1.82) is 0 Å². The van der Waals surface area contributed by atoms with Crippen LogP contribution in [0.5, 0.6) is 5.75 Å². The molecule has 0 radical (unpaired) electrons. The van der Waals surface area contributed by atoms with E-state index in [0.717, 1.165) is 22.4 Å². The predicted molar refractivity (Wildman–Crippen MR) is 133 cm³/mol. The average Bonchev–Trinajstić information content (AvgIpc) is 2.82. The average molecular weight is 502 g/mol. The molecule has 0 aromatic heterocycles. The Labute approximate surface area is 205 Å². The van der Waals surface area contributed by atoms with Gasteiger partial charge in [-0.3, -0.25) is 4.79 Å². The number of hydrogen-bond donors (Lipinski definition) is 2. The summed E-state index contributed by atoms with van der Waals surface area (Å²) in [5, 5.41) is 9.29. The molecule has 0 amide bonds. The first kappa shape index (κ1) is 25.7. The first-order chi connectivity index (χ1) is 16.3. The lowest BCUT2D eigenvalue weighted by Crippen LogP contribution is -2.29. The number of halogens is 1. The third kappa shape index (κ3) is 7.58. The van der Waals surface area contributed by atoms with Crippen molar-refractivity contribution < 1.29 is 23.1 Å². The maximum Gasteiger partial charge on any atom is 0.303 e. The number of rotatable bonds is 12. The summed E-state index contributed by atoms with van der Waals surface area (Å²) in [7, 11) is -2.15. The molecule has 0 saturated carbocycles. The first-order valence-corrected chi connectivity index (χ1v) is 12.8.